The summed E-state index contributed by atoms with van der Waals surface area (Å²) in [6, 6.07) is 16.5. The molecular weight excluding hydrogens is 272 g/mol. The normalized spacial score (nSPS) is 10.4. The molecule has 1 heterocycles. The molecule has 0 aliphatic carbocycles. The quantitative estimate of drug-likeness (QED) is 0.640. The van der Waals surface area contributed by atoms with Gasteiger partial charge in [-0.25, -0.2) is 0 Å². The van der Waals surface area contributed by atoms with Crippen molar-refractivity contribution in [3.63, 3.8) is 0 Å². The molecule has 0 saturated carbocycles. The van der Waals surface area contributed by atoms with Crippen molar-refractivity contribution in [2.75, 3.05) is 0 Å². The molecule has 0 bridgehead atoms. The maximum absolute atomic E-state index is 5.27. The lowest BCUT2D eigenvalue weighted by atomic mass is 10.0. The van der Waals surface area contributed by atoms with Crippen molar-refractivity contribution in [2.24, 2.45) is 0 Å². The van der Waals surface area contributed by atoms with Crippen LogP contribution in [0.4, 0.5) is 0 Å². The first kappa shape index (κ1) is 14.0. The lowest BCUT2D eigenvalue weighted by molar-refractivity contribution is 0.428. The lowest BCUT2D eigenvalue weighted by Crippen LogP contribution is -1.83. The van der Waals surface area contributed by atoms with Crippen molar-refractivity contribution in [2.45, 2.75) is 6.92 Å². The van der Waals surface area contributed by atoms with Gasteiger partial charge in [0.25, 0.3) is 5.89 Å². The maximum atomic E-state index is 5.27. The fourth-order valence-electron chi connectivity index (χ4n) is 2.11. The van der Waals surface area contributed by atoms with E-state index in [4.69, 9.17) is 4.52 Å². The van der Waals surface area contributed by atoms with Crippen LogP contribution in [0.25, 0.3) is 28.2 Å². The highest BCUT2D eigenvalue weighted by atomic mass is 16.5. The topological polar surface area (TPSA) is 38.9 Å². The molecule has 108 valence electrons. The van der Waals surface area contributed by atoms with E-state index >= 15 is 0 Å². The number of rotatable bonds is 4. The SMILES string of the molecule is C=CC(=C)c1noc(-c2ccc(-c3ccc(C)cc3)cc2)n1. The molecule has 0 unspecified atom stereocenters. The fraction of sp³-hybridized carbons (Fsp3) is 0.0526. The summed E-state index contributed by atoms with van der Waals surface area (Å²) in [4.78, 5) is 4.32. The molecular formula is C19H16N2O. The van der Waals surface area contributed by atoms with Crippen LogP contribution >= 0.6 is 0 Å². The largest absolute Gasteiger partial charge is 0.334 e. The lowest BCUT2D eigenvalue weighted by Gasteiger charge is -2.03. The van der Waals surface area contributed by atoms with Gasteiger partial charge in [-0.1, -0.05) is 66.4 Å². The van der Waals surface area contributed by atoms with Crippen molar-refractivity contribution in [3.05, 3.63) is 79.2 Å². The molecule has 1 aromatic heterocycles. The van der Waals surface area contributed by atoms with Gasteiger partial charge in [0.05, 0.1) is 0 Å². The summed E-state index contributed by atoms with van der Waals surface area (Å²) in [5.74, 6) is 0.945. The highest BCUT2D eigenvalue weighted by Crippen LogP contribution is 2.25. The fourth-order valence-corrected chi connectivity index (χ4v) is 2.11. The summed E-state index contributed by atoms with van der Waals surface area (Å²) >= 11 is 0. The predicted octanol–water partition coefficient (Wildman–Crippen LogP) is 4.91. The molecule has 0 N–H and O–H groups in total. The minimum atomic E-state index is 0.465. The maximum Gasteiger partial charge on any atom is 0.258 e. The van der Waals surface area contributed by atoms with Gasteiger partial charge in [0.15, 0.2) is 0 Å². The molecule has 0 aliphatic rings. The van der Waals surface area contributed by atoms with E-state index in [1.54, 1.807) is 6.08 Å². The van der Waals surface area contributed by atoms with Gasteiger partial charge in [0, 0.05) is 11.1 Å². The number of aryl methyl sites for hydroxylation is 1. The molecule has 0 saturated heterocycles. The monoisotopic (exact) mass is 288 g/mol. The van der Waals surface area contributed by atoms with Crippen LogP contribution < -0.4 is 0 Å². The molecule has 0 amide bonds. The van der Waals surface area contributed by atoms with Crippen LogP contribution in [-0.2, 0) is 0 Å². The molecule has 0 spiro atoms. The van der Waals surface area contributed by atoms with Crippen LogP contribution in [0.1, 0.15) is 11.4 Å². The Kier molecular flexibility index (Phi) is 3.71. The number of nitrogens with zero attached hydrogens (tertiary/aromatic N) is 2. The standard InChI is InChI=1S/C19H16N2O/c1-4-14(3)18-20-19(22-21-18)17-11-9-16(10-12-17)15-7-5-13(2)6-8-15/h4-12H,1,3H2,2H3. The van der Waals surface area contributed by atoms with Crippen molar-refractivity contribution in [1.82, 2.24) is 10.1 Å². The summed E-state index contributed by atoms with van der Waals surface area (Å²) < 4.78 is 5.27. The van der Waals surface area contributed by atoms with Gasteiger partial charge in [-0.15, -0.1) is 0 Å². The van der Waals surface area contributed by atoms with Crippen LogP contribution in [0.5, 0.6) is 0 Å². The minimum Gasteiger partial charge on any atom is -0.334 e. The smallest absolute Gasteiger partial charge is 0.258 e. The average molecular weight is 288 g/mol. The Morgan fingerprint density at radius 1 is 0.955 bits per heavy atom. The summed E-state index contributed by atoms with van der Waals surface area (Å²) in [7, 11) is 0. The Bertz CT molecular complexity index is 811. The molecule has 0 atom stereocenters. The highest BCUT2D eigenvalue weighted by Gasteiger charge is 2.09. The Morgan fingerprint density at radius 2 is 1.50 bits per heavy atom. The van der Waals surface area contributed by atoms with Crippen LogP contribution in [-0.4, -0.2) is 10.1 Å². The second kappa shape index (κ2) is 5.82. The summed E-state index contributed by atoms with van der Waals surface area (Å²) in [5.41, 5.74) is 5.11. The van der Waals surface area contributed by atoms with Crippen molar-refractivity contribution >= 4 is 5.57 Å². The van der Waals surface area contributed by atoms with E-state index in [1.807, 2.05) is 24.3 Å². The molecule has 3 aromatic rings. The summed E-state index contributed by atoms with van der Waals surface area (Å²) in [6.07, 6.45) is 1.61. The van der Waals surface area contributed by atoms with Crippen molar-refractivity contribution < 1.29 is 4.52 Å². The van der Waals surface area contributed by atoms with Crippen molar-refractivity contribution in [3.8, 4) is 22.6 Å². The second-order valence-corrected chi connectivity index (χ2v) is 5.10. The van der Waals surface area contributed by atoms with Gasteiger partial charge >= 0.3 is 0 Å². The van der Waals surface area contributed by atoms with E-state index in [-0.39, 0.29) is 0 Å². The molecule has 2 aromatic carbocycles. The minimum absolute atomic E-state index is 0.465. The van der Waals surface area contributed by atoms with E-state index in [0.717, 1.165) is 11.1 Å². The van der Waals surface area contributed by atoms with Gasteiger partial charge in [0.1, 0.15) is 0 Å². The Morgan fingerprint density at radius 3 is 2.09 bits per heavy atom. The molecule has 3 heteroatoms. The number of hydrogen-bond acceptors (Lipinski definition) is 3. The molecule has 0 aliphatic heterocycles. The third-order valence-corrected chi connectivity index (χ3v) is 3.48. The highest BCUT2D eigenvalue weighted by molar-refractivity contribution is 5.69. The van der Waals surface area contributed by atoms with Crippen LogP contribution in [0, 0.1) is 6.92 Å². The molecule has 22 heavy (non-hydrogen) atoms. The van der Waals surface area contributed by atoms with Gasteiger partial charge in [-0.3, -0.25) is 0 Å². The van der Waals surface area contributed by atoms with Gasteiger partial charge < -0.3 is 4.52 Å². The first-order valence-electron chi connectivity index (χ1n) is 7.00. The van der Waals surface area contributed by atoms with Gasteiger partial charge in [0.2, 0.25) is 5.82 Å². The molecule has 3 nitrogen and oxygen atoms in total. The van der Waals surface area contributed by atoms with Crippen LogP contribution in [0.15, 0.2) is 72.3 Å². The van der Waals surface area contributed by atoms with Gasteiger partial charge in [-0.2, -0.15) is 4.98 Å². The number of benzene rings is 2. The van der Waals surface area contributed by atoms with E-state index in [0.29, 0.717) is 17.3 Å². The predicted molar refractivity (Wildman–Crippen MR) is 89.1 cm³/mol. The Balaban J connectivity index is 1.88. The number of aromatic nitrogens is 2. The summed E-state index contributed by atoms with van der Waals surface area (Å²) in [5, 5.41) is 3.90. The van der Waals surface area contributed by atoms with Gasteiger partial charge in [-0.05, 0) is 30.2 Å². The Labute approximate surface area is 129 Å². The zero-order chi connectivity index (χ0) is 15.5. The van der Waals surface area contributed by atoms with E-state index in [1.165, 1.54) is 11.1 Å². The van der Waals surface area contributed by atoms with E-state index < -0.39 is 0 Å². The zero-order valence-corrected chi connectivity index (χ0v) is 12.4. The third kappa shape index (κ3) is 2.74. The molecule has 0 radical (unpaired) electrons. The van der Waals surface area contributed by atoms with E-state index in [9.17, 15) is 0 Å². The molecule has 3 rings (SSSR count). The first-order valence-corrected chi connectivity index (χ1v) is 7.00. The Hall–Kier alpha value is -2.94. The molecule has 0 fully saturated rings. The summed E-state index contributed by atoms with van der Waals surface area (Å²) in [6.45, 7) is 9.54. The number of allylic oxidation sites excluding steroid dienone is 2. The van der Waals surface area contributed by atoms with Crippen LogP contribution in [0.3, 0.4) is 0 Å². The number of hydrogen-bond donors (Lipinski definition) is 0. The van der Waals surface area contributed by atoms with Crippen LogP contribution in [0.2, 0.25) is 0 Å². The first-order chi connectivity index (χ1) is 10.7. The zero-order valence-electron chi connectivity index (χ0n) is 12.4. The van der Waals surface area contributed by atoms with Crippen molar-refractivity contribution in [1.29, 1.82) is 0 Å². The third-order valence-electron chi connectivity index (χ3n) is 3.48. The average Bonchev–Trinajstić information content (AvgIpc) is 3.05. The second-order valence-electron chi connectivity index (χ2n) is 5.10. The van der Waals surface area contributed by atoms with E-state index in [2.05, 4.69) is 54.5 Å².